The van der Waals surface area contributed by atoms with Crippen LogP contribution in [0.2, 0.25) is 0 Å². The summed E-state index contributed by atoms with van der Waals surface area (Å²) in [5.74, 6) is -0.0815. The second-order valence-corrected chi connectivity index (χ2v) is 7.67. The molecule has 0 saturated carbocycles. The third kappa shape index (κ3) is 5.32. The van der Waals surface area contributed by atoms with Gasteiger partial charge in [-0.1, -0.05) is 38.5 Å². The van der Waals surface area contributed by atoms with E-state index in [0.29, 0.717) is 5.70 Å². The van der Waals surface area contributed by atoms with Gasteiger partial charge in [-0.2, -0.15) is 0 Å². The summed E-state index contributed by atoms with van der Waals surface area (Å²) in [7, 11) is -3.66. The predicted octanol–water partition coefficient (Wildman–Crippen LogP) is 2.30. The fourth-order valence-corrected chi connectivity index (χ4v) is 2.28. The van der Waals surface area contributed by atoms with E-state index in [1.807, 2.05) is 6.92 Å². The molecule has 1 rings (SSSR count). The Hall–Kier alpha value is -1.66. The second kappa shape index (κ2) is 6.41. The summed E-state index contributed by atoms with van der Waals surface area (Å²) in [4.78, 5) is 14.2. The second-order valence-electron chi connectivity index (χ2n) is 5.99. The van der Waals surface area contributed by atoms with Gasteiger partial charge >= 0.3 is 0 Å². The van der Waals surface area contributed by atoms with E-state index < -0.39 is 15.4 Å². The maximum Gasteiger partial charge on any atom is 0.257 e. The third-order valence-corrected chi connectivity index (χ3v) is 4.06. The highest BCUT2D eigenvalue weighted by Crippen LogP contribution is 2.15. The molecule has 0 spiro atoms. The first-order valence-corrected chi connectivity index (χ1v) is 8.08. The number of allylic oxidation sites excluding steroid dienone is 2. The Kier molecular flexibility index (Phi) is 5.31. The van der Waals surface area contributed by atoms with Crippen molar-refractivity contribution in [2.45, 2.75) is 39.5 Å². The summed E-state index contributed by atoms with van der Waals surface area (Å²) in [5.41, 5.74) is 3.46. The molecule has 0 fully saturated rings. The summed E-state index contributed by atoms with van der Waals surface area (Å²) >= 11 is 0. The Morgan fingerprint density at radius 3 is 2.14 bits per heavy atom. The van der Waals surface area contributed by atoms with Gasteiger partial charge in [0, 0.05) is 17.2 Å². The van der Waals surface area contributed by atoms with Crippen molar-refractivity contribution in [3.63, 3.8) is 0 Å². The van der Waals surface area contributed by atoms with Crippen molar-refractivity contribution in [2.24, 2.45) is 5.41 Å². The van der Waals surface area contributed by atoms with Crippen LogP contribution in [0.1, 0.15) is 33.3 Å². The number of hydrogen-bond acceptors (Lipinski definition) is 4. The number of ketones is 1. The molecule has 0 aliphatic heterocycles. The molecule has 0 heterocycles. The molecule has 0 unspecified atom stereocenters. The highest BCUT2D eigenvalue weighted by Gasteiger charge is 2.19. The SMILES string of the molecule is C/C(=C/C(=O)C(C)(C)C)NNS(=O)(=O)c1ccc(C)cc1. The molecule has 0 saturated heterocycles. The van der Waals surface area contributed by atoms with E-state index in [2.05, 4.69) is 10.3 Å². The summed E-state index contributed by atoms with van der Waals surface area (Å²) in [6.45, 7) is 8.91. The van der Waals surface area contributed by atoms with Gasteiger partial charge in [0.1, 0.15) is 0 Å². The molecule has 1 aromatic rings. The zero-order valence-electron chi connectivity index (χ0n) is 13.0. The van der Waals surface area contributed by atoms with Gasteiger partial charge in [0.2, 0.25) is 0 Å². The molecule has 21 heavy (non-hydrogen) atoms. The predicted molar refractivity (Wildman–Crippen MR) is 82.9 cm³/mol. The molecule has 0 aromatic heterocycles. The first-order valence-electron chi connectivity index (χ1n) is 6.59. The van der Waals surface area contributed by atoms with Gasteiger partial charge in [0.05, 0.1) is 4.90 Å². The quantitative estimate of drug-likeness (QED) is 0.646. The molecule has 2 N–H and O–H groups in total. The standard InChI is InChI=1S/C15H22N2O3S/c1-11-6-8-13(9-7-11)21(19,20)17-16-12(2)10-14(18)15(3,4)5/h6-10,16-17H,1-5H3/b12-10-. The fourth-order valence-electron chi connectivity index (χ4n) is 1.37. The zero-order valence-corrected chi connectivity index (χ0v) is 13.8. The van der Waals surface area contributed by atoms with Crippen LogP contribution in [0.15, 0.2) is 40.9 Å². The molecule has 5 nitrogen and oxygen atoms in total. The number of benzene rings is 1. The average Bonchev–Trinajstić information content (AvgIpc) is 2.36. The average molecular weight is 310 g/mol. The van der Waals surface area contributed by atoms with Crippen molar-refractivity contribution < 1.29 is 13.2 Å². The smallest absolute Gasteiger partial charge is 0.257 e. The fraction of sp³-hybridized carbons (Fsp3) is 0.400. The minimum Gasteiger partial charge on any atom is -0.312 e. The monoisotopic (exact) mass is 310 g/mol. The van der Waals surface area contributed by atoms with Crippen molar-refractivity contribution in [3.05, 3.63) is 41.6 Å². The summed E-state index contributed by atoms with van der Waals surface area (Å²) in [6.07, 6.45) is 1.39. The molecular formula is C15H22N2O3S. The van der Waals surface area contributed by atoms with E-state index in [0.717, 1.165) is 5.56 Å². The Morgan fingerprint density at radius 2 is 1.67 bits per heavy atom. The number of rotatable bonds is 5. The largest absolute Gasteiger partial charge is 0.312 e. The molecule has 0 aliphatic carbocycles. The topological polar surface area (TPSA) is 75.3 Å². The van der Waals surface area contributed by atoms with Crippen LogP contribution in [0.3, 0.4) is 0 Å². The molecule has 0 atom stereocenters. The molecule has 1 aromatic carbocycles. The van der Waals surface area contributed by atoms with E-state index in [9.17, 15) is 13.2 Å². The van der Waals surface area contributed by atoms with Crippen LogP contribution < -0.4 is 10.3 Å². The normalized spacial score (nSPS) is 13.1. The highest BCUT2D eigenvalue weighted by molar-refractivity contribution is 7.89. The van der Waals surface area contributed by atoms with E-state index in [1.54, 1.807) is 39.8 Å². The molecule has 0 bridgehead atoms. The molecule has 0 amide bonds. The van der Waals surface area contributed by atoms with Crippen molar-refractivity contribution in [1.29, 1.82) is 0 Å². The lowest BCUT2D eigenvalue weighted by Gasteiger charge is -2.15. The van der Waals surface area contributed by atoms with Gasteiger partial charge < -0.3 is 5.43 Å². The third-order valence-electron chi connectivity index (χ3n) is 2.80. The number of hydrogen-bond donors (Lipinski definition) is 2. The number of carbonyl (C=O) groups excluding carboxylic acids is 1. The summed E-state index contributed by atoms with van der Waals surface area (Å²) in [5, 5.41) is 0. The van der Waals surface area contributed by atoms with Crippen molar-refractivity contribution in [1.82, 2.24) is 10.3 Å². The minimum absolute atomic E-state index is 0.0815. The minimum atomic E-state index is -3.66. The van der Waals surface area contributed by atoms with E-state index in [1.165, 1.54) is 18.2 Å². The van der Waals surface area contributed by atoms with Crippen LogP contribution in [0, 0.1) is 12.3 Å². The molecule has 0 aliphatic rings. The van der Waals surface area contributed by atoms with Crippen LogP contribution in [0.4, 0.5) is 0 Å². The van der Waals surface area contributed by atoms with Crippen LogP contribution in [0.25, 0.3) is 0 Å². The lowest BCUT2D eigenvalue weighted by molar-refractivity contribution is -0.121. The first kappa shape index (κ1) is 17.4. The number of carbonyl (C=O) groups is 1. The lowest BCUT2D eigenvalue weighted by atomic mass is 9.90. The van der Waals surface area contributed by atoms with Crippen molar-refractivity contribution in [3.8, 4) is 0 Å². The zero-order chi connectivity index (χ0) is 16.3. The molecule has 6 heteroatoms. The molecular weight excluding hydrogens is 288 g/mol. The highest BCUT2D eigenvalue weighted by atomic mass is 32.2. The number of hydrazine groups is 1. The van der Waals surface area contributed by atoms with Gasteiger partial charge in [0.25, 0.3) is 10.0 Å². The summed E-state index contributed by atoms with van der Waals surface area (Å²) < 4.78 is 24.1. The Bertz CT molecular complexity index is 638. The van der Waals surface area contributed by atoms with E-state index in [-0.39, 0.29) is 10.7 Å². The van der Waals surface area contributed by atoms with E-state index in [4.69, 9.17) is 0 Å². The van der Waals surface area contributed by atoms with Crippen molar-refractivity contribution in [2.75, 3.05) is 0 Å². The maximum atomic E-state index is 12.0. The van der Waals surface area contributed by atoms with Gasteiger partial charge in [-0.15, -0.1) is 4.83 Å². The van der Waals surface area contributed by atoms with Gasteiger partial charge in [0.15, 0.2) is 5.78 Å². The molecule has 0 radical (unpaired) electrons. The lowest BCUT2D eigenvalue weighted by Crippen LogP contribution is -2.36. The van der Waals surface area contributed by atoms with Crippen LogP contribution in [0.5, 0.6) is 0 Å². The number of aryl methyl sites for hydroxylation is 1. The molecule has 116 valence electrons. The van der Waals surface area contributed by atoms with E-state index >= 15 is 0 Å². The Balaban J connectivity index is 2.76. The number of sulfonamides is 1. The van der Waals surface area contributed by atoms with Gasteiger partial charge in [-0.05, 0) is 26.0 Å². The maximum absolute atomic E-state index is 12.0. The number of nitrogens with one attached hydrogen (secondary N) is 2. The van der Waals surface area contributed by atoms with Crippen molar-refractivity contribution >= 4 is 15.8 Å². The van der Waals surface area contributed by atoms with Crippen LogP contribution in [-0.2, 0) is 14.8 Å². The van der Waals surface area contributed by atoms with Crippen LogP contribution >= 0.6 is 0 Å². The summed E-state index contributed by atoms with van der Waals surface area (Å²) in [6, 6.07) is 6.50. The van der Waals surface area contributed by atoms with Crippen LogP contribution in [-0.4, -0.2) is 14.2 Å². The van der Waals surface area contributed by atoms with Gasteiger partial charge in [-0.25, -0.2) is 8.42 Å². The first-order chi connectivity index (χ1) is 9.52. The Morgan fingerprint density at radius 1 is 1.14 bits per heavy atom. The Labute approximate surface area is 126 Å². The van der Waals surface area contributed by atoms with Gasteiger partial charge in [-0.3, -0.25) is 4.79 Å².